The Balaban J connectivity index is 2.51. The molecule has 0 radical (unpaired) electrons. The lowest BCUT2D eigenvalue weighted by atomic mass is 10.1. The van der Waals surface area contributed by atoms with Crippen molar-refractivity contribution in [2.24, 2.45) is 0 Å². The number of ether oxygens (including phenoxy) is 1. The van der Waals surface area contributed by atoms with Crippen molar-refractivity contribution < 1.29 is 9.84 Å². The van der Waals surface area contributed by atoms with Crippen LogP contribution in [0, 0.1) is 0 Å². The Morgan fingerprint density at radius 1 is 1.29 bits per heavy atom. The molecule has 0 spiro atoms. The van der Waals surface area contributed by atoms with Crippen LogP contribution in [0.4, 0.5) is 0 Å². The van der Waals surface area contributed by atoms with Gasteiger partial charge in [0.05, 0.1) is 6.61 Å². The number of hydrogen-bond donors (Lipinski definition) is 1. The van der Waals surface area contributed by atoms with Crippen LogP contribution in [-0.4, -0.2) is 42.9 Å². The number of rotatable bonds is 7. The molecule has 3 heteroatoms. The summed E-state index contributed by atoms with van der Waals surface area (Å²) in [6.07, 6.45) is 0.998. The maximum absolute atomic E-state index is 9.24. The molecule has 0 aliphatic rings. The van der Waals surface area contributed by atoms with Gasteiger partial charge in [0.15, 0.2) is 0 Å². The van der Waals surface area contributed by atoms with Gasteiger partial charge in [0.1, 0.15) is 5.75 Å². The molecule has 0 bridgehead atoms. The number of aromatic hydroxyl groups is 1. The first-order chi connectivity index (χ1) is 8.17. The fourth-order valence-electron chi connectivity index (χ4n) is 2.00. The summed E-state index contributed by atoms with van der Waals surface area (Å²) < 4.78 is 5.12. The summed E-state index contributed by atoms with van der Waals surface area (Å²) in [4.78, 5) is 2.40. The molecule has 0 aliphatic carbocycles. The van der Waals surface area contributed by atoms with E-state index in [4.69, 9.17) is 4.74 Å². The third-order valence-electron chi connectivity index (χ3n) is 3.08. The number of methoxy groups -OCH3 is 1. The van der Waals surface area contributed by atoms with Crippen LogP contribution in [0.3, 0.4) is 0 Å². The molecule has 0 aromatic heterocycles. The predicted octanol–water partition coefficient (Wildman–Crippen LogP) is 2.29. The Bertz CT molecular complexity index is 311. The van der Waals surface area contributed by atoms with Gasteiger partial charge in [-0.25, -0.2) is 0 Å². The summed E-state index contributed by atoms with van der Waals surface area (Å²) in [5, 5.41) is 9.24. The van der Waals surface area contributed by atoms with Crippen LogP contribution in [0.25, 0.3) is 0 Å². The molecule has 1 aromatic carbocycles. The van der Waals surface area contributed by atoms with Crippen molar-refractivity contribution in [1.29, 1.82) is 0 Å². The van der Waals surface area contributed by atoms with Crippen molar-refractivity contribution in [3.63, 3.8) is 0 Å². The Labute approximate surface area is 104 Å². The molecule has 1 atom stereocenters. The van der Waals surface area contributed by atoms with E-state index in [0.29, 0.717) is 11.8 Å². The van der Waals surface area contributed by atoms with Gasteiger partial charge >= 0.3 is 0 Å². The number of phenolic OH excluding ortho intramolecular Hbond substituents is 1. The molecule has 0 saturated heterocycles. The highest BCUT2D eigenvalue weighted by Crippen LogP contribution is 2.13. The highest BCUT2D eigenvalue weighted by molar-refractivity contribution is 5.26. The minimum atomic E-state index is 0.327. The van der Waals surface area contributed by atoms with Crippen LogP contribution >= 0.6 is 0 Å². The first-order valence-electron chi connectivity index (χ1n) is 6.18. The lowest BCUT2D eigenvalue weighted by Gasteiger charge is -2.27. The third-order valence-corrected chi connectivity index (χ3v) is 3.08. The number of nitrogens with zero attached hydrogens (tertiary/aromatic N) is 1. The summed E-state index contributed by atoms with van der Waals surface area (Å²) in [6, 6.07) is 7.94. The Kier molecular flexibility index (Phi) is 6.01. The van der Waals surface area contributed by atoms with Gasteiger partial charge in [0, 0.05) is 19.7 Å². The fourth-order valence-corrected chi connectivity index (χ4v) is 2.00. The monoisotopic (exact) mass is 237 g/mol. The number of hydrogen-bond acceptors (Lipinski definition) is 3. The highest BCUT2D eigenvalue weighted by Gasteiger charge is 2.12. The molecule has 1 rings (SSSR count). The summed E-state index contributed by atoms with van der Waals surface area (Å²) >= 11 is 0. The molecule has 0 saturated carbocycles. The largest absolute Gasteiger partial charge is 0.508 e. The zero-order valence-corrected chi connectivity index (χ0v) is 11.0. The number of likely N-dealkylation sites (N-methyl/N-ethyl adjacent to an activating group) is 1. The van der Waals surface area contributed by atoms with Gasteiger partial charge in [-0.1, -0.05) is 19.1 Å². The van der Waals surface area contributed by atoms with Gasteiger partial charge in [0.25, 0.3) is 0 Å². The molecule has 17 heavy (non-hydrogen) atoms. The van der Waals surface area contributed by atoms with Crippen molar-refractivity contribution in [1.82, 2.24) is 4.90 Å². The summed E-state index contributed by atoms with van der Waals surface area (Å²) in [5.74, 6) is 0.327. The third kappa shape index (κ3) is 4.75. The number of phenols is 1. The van der Waals surface area contributed by atoms with E-state index in [1.807, 2.05) is 12.1 Å². The first-order valence-corrected chi connectivity index (χ1v) is 6.18. The Morgan fingerprint density at radius 2 is 1.94 bits per heavy atom. The van der Waals surface area contributed by atoms with Gasteiger partial charge in [0.2, 0.25) is 0 Å². The van der Waals surface area contributed by atoms with Crippen molar-refractivity contribution >= 4 is 0 Å². The average Bonchev–Trinajstić information content (AvgIpc) is 2.33. The van der Waals surface area contributed by atoms with Gasteiger partial charge in [-0.15, -0.1) is 0 Å². The molecule has 96 valence electrons. The van der Waals surface area contributed by atoms with Gasteiger partial charge in [-0.05, 0) is 37.6 Å². The van der Waals surface area contributed by atoms with Crippen LogP contribution in [0.1, 0.15) is 19.4 Å². The van der Waals surface area contributed by atoms with E-state index in [1.54, 1.807) is 19.2 Å². The van der Waals surface area contributed by atoms with Gasteiger partial charge in [-0.2, -0.15) is 0 Å². The van der Waals surface area contributed by atoms with E-state index in [-0.39, 0.29) is 0 Å². The number of benzene rings is 1. The first kappa shape index (κ1) is 14.0. The second-order valence-corrected chi connectivity index (χ2v) is 4.34. The minimum Gasteiger partial charge on any atom is -0.508 e. The molecule has 1 aromatic rings. The van der Waals surface area contributed by atoms with Crippen LogP contribution < -0.4 is 0 Å². The average molecular weight is 237 g/mol. The topological polar surface area (TPSA) is 32.7 Å². The van der Waals surface area contributed by atoms with Crippen LogP contribution in [0.5, 0.6) is 5.75 Å². The minimum absolute atomic E-state index is 0.327. The molecule has 1 unspecified atom stereocenters. The van der Waals surface area contributed by atoms with E-state index in [9.17, 15) is 5.11 Å². The highest BCUT2D eigenvalue weighted by atomic mass is 16.5. The zero-order chi connectivity index (χ0) is 12.7. The van der Waals surface area contributed by atoms with Crippen molar-refractivity contribution in [2.75, 3.05) is 26.8 Å². The standard InChI is InChI=1S/C14H23NO2/c1-4-15(9-10-17-3)12(2)11-13-5-7-14(16)8-6-13/h5-8,12,16H,4,9-11H2,1-3H3. The molecule has 0 fully saturated rings. The van der Waals surface area contributed by atoms with Crippen LogP contribution in [0.15, 0.2) is 24.3 Å². The normalized spacial score (nSPS) is 12.9. The summed E-state index contributed by atoms with van der Waals surface area (Å²) in [5.41, 5.74) is 1.26. The van der Waals surface area contributed by atoms with Crippen LogP contribution in [0.2, 0.25) is 0 Å². The zero-order valence-electron chi connectivity index (χ0n) is 11.0. The summed E-state index contributed by atoms with van der Waals surface area (Å²) in [7, 11) is 1.73. The lowest BCUT2D eigenvalue weighted by Crippen LogP contribution is -2.36. The van der Waals surface area contributed by atoms with E-state index in [0.717, 1.165) is 26.1 Å². The van der Waals surface area contributed by atoms with Crippen molar-refractivity contribution in [2.45, 2.75) is 26.3 Å². The molecule has 0 heterocycles. The fraction of sp³-hybridized carbons (Fsp3) is 0.571. The maximum Gasteiger partial charge on any atom is 0.115 e. The van der Waals surface area contributed by atoms with E-state index < -0.39 is 0 Å². The van der Waals surface area contributed by atoms with Gasteiger partial charge in [-0.3, -0.25) is 4.90 Å². The Hall–Kier alpha value is -1.06. The smallest absolute Gasteiger partial charge is 0.115 e. The van der Waals surface area contributed by atoms with E-state index >= 15 is 0 Å². The van der Waals surface area contributed by atoms with Gasteiger partial charge < -0.3 is 9.84 Å². The molecule has 3 nitrogen and oxygen atoms in total. The van der Waals surface area contributed by atoms with Crippen molar-refractivity contribution in [3.05, 3.63) is 29.8 Å². The predicted molar refractivity (Wildman–Crippen MR) is 70.4 cm³/mol. The molecular weight excluding hydrogens is 214 g/mol. The second-order valence-electron chi connectivity index (χ2n) is 4.34. The van der Waals surface area contributed by atoms with Crippen LogP contribution in [-0.2, 0) is 11.2 Å². The Morgan fingerprint density at radius 3 is 2.47 bits per heavy atom. The molecule has 1 N–H and O–H groups in total. The SMILES string of the molecule is CCN(CCOC)C(C)Cc1ccc(O)cc1. The van der Waals surface area contributed by atoms with Crippen molar-refractivity contribution in [3.8, 4) is 5.75 Å². The van der Waals surface area contributed by atoms with E-state index in [1.165, 1.54) is 5.56 Å². The summed E-state index contributed by atoms with van der Waals surface area (Å²) in [6.45, 7) is 7.16. The van der Waals surface area contributed by atoms with E-state index in [2.05, 4.69) is 18.7 Å². The second kappa shape index (κ2) is 7.30. The quantitative estimate of drug-likeness (QED) is 0.790. The molecule has 0 amide bonds. The lowest BCUT2D eigenvalue weighted by molar-refractivity contribution is 0.128. The molecular formula is C14H23NO2. The molecule has 0 aliphatic heterocycles. The maximum atomic E-state index is 9.24.